The minimum atomic E-state index is -0.405. The van der Waals surface area contributed by atoms with Crippen molar-refractivity contribution in [1.82, 2.24) is 15.5 Å². The van der Waals surface area contributed by atoms with Crippen LogP contribution in [0.1, 0.15) is 24.4 Å². The van der Waals surface area contributed by atoms with Gasteiger partial charge in [-0.3, -0.25) is 4.79 Å². The van der Waals surface area contributed by atoms with Crippen molar-refractivity contribution in [3.8, 4) is 17.1 Å². The third-order valence-electron chi connectivity index (χ3n) is 3.58. The molecule has 25 heavy (non-hydrogen) atoms. The molecule has 6 nitrogen and oxygen atoms in total. The summed E-state index contributed by atoms with van der Waals surface area (Å²) in [4.78, 5) is 16.4. The summed E-state index contributed by atoms with van der Waals surface area (Å²) in [7, 11) is 0. The summed E-state index contributed by atoms with van der Waals surface area (Å²) in [6, 6.07) is 16.6. The third-order valence-corrected chi connectivity index (χ3v) is 3.58. The molecule has 0 fully saturated rings. The number of carbonyl (C=O) groups is 1. The number of hydrogen-bond acceptors (Lipinski definition) is 5. The monoisotopic (exact) mass is 337 g/mol. The lowest BCUT2D eigenvalue weighted by Gasteiger charge is -2.10. The van der Waals surface area contributed by atoms with Crippen molar-refractivity contribution in [3.63, 3.8) is 0 Å². The zero-order valence-electron chi connectivity index (χ0n) is 14.1. The van der Waals surface area contributed by atoms with E-state index in [0.717, 1.165) is 11.1 Å². The van der Waals surface area contributed by atoms with Gasteiger partial charge in [0, 0.05) is 5.56 Å². The number of carbonyl (C=O) groups excluding carboxylic acids is 1. The minimum Gasteiger partial charge on any atom is -0.484 e. The molecule has 128 valence electrons. The highest BCUT2D eigenvalue weighted by molar-refractivity contribution is 5.77. The summed E-state index contributed by atoms with van der Waals surface area (Å²) >= 11 is 0. The van der Waals surface area contributed by atoms with E-state index in [9.17, 15) is 4.79 Å². The number of amides is 1. The Labute approximate surface area is 145 Å². The van der Waals surface area contributed by atoms with E-state index in [0.29, 0.717) is 17.5 Å². The number of para-hydroxylation sites is 1. The van der Waals surface area contributed by atoms with E-state index in [1.807, 2.05) is 49.4 Å². The van der Waals surface area contributed by atoms with Gasteiger partial charge in [-0.05, 0) is 32.0 Å². The van der Waals surface area contributed by atoms with Crippen LogP contribution in [0.5, 0.6) is 5.75 Å². The van der Waals surface area contributed by atoms with E-state index in [2.05, 4.69) is 15.5 Å². The van der Waals surface area contributed by atoms with Crippen LogP contribution in [-0.2, 0) is 4.79 Å². The molecule has 3 rings (SSSR count). The number of nitrogens with one attached hydrogen (secondary N) is 1. The number of benzene rings is 2. The summed E-state index contributed by atoms with van der Waals surface area (Å²) < 4.78 is 10.7. The maximum Gasteiger partial charge on any atom is 0.258 e. The summed E-state index contributed by atoms with van der Waals surface area (Å²) in [5.41, 5.74) is 1.99. The van der Waals surface area contributed by atoms with Crippen molar-refractivity contribution in [2.75, 3.05) is 6.61 Å². The van der Waals surface area contributed by atoms with E-state index in [4.69, 9.17) is 9.26 Å². The smallest absolute Gasteiger partial charge is 0.258 e. The lowest BCUT2D eigenvalue weighted by atomic mass is 10.1. The molecule has 1 atom stereocenters. The molecule has 0 aliphatic carbocycles. The Hall–Kier alpha value is -3.15. The van der Waals surface area contributed by atoms with Crippen LogP contribution in [0, 0.1) is 6.92 Å². The number of rotatable bonds is 6. The normalized spacial score (nSPS) is 11.8. The molecule has 0 saturated carbocycles. The van der Waals surface area contributed by atoms with Crippen molar-refractivity contribution in [2.45, 2.75) is 19.9 Å². The number of ether oxygens (including phenoxy) is 1. The van der Waals surface area contributed by atoms with Crippen molar-refractivity contribution < 1.29 is 14.1 Å². The van der Waals surface area contributed by atoms with E-state index >= 15 is 0 Å². The van der Waals surface area contributed by atoms with Crippen LogP contribution in [-0.4, -0.2) is 22.7 Å². The average molecular weight is 337 g/mol. The molecule has 0 unspecified atom stereocenters. The Bertz CT molecular complexity index is 846. The number of aromatic nitrogens is 2. The first-order valence-corrected chi connectivity index (χ1v) is 7.99. The molecular weight excluding hydrogens is 318 g/mol. The van der Waals surface area contributed by atoms with Crippen LogP contribution in [0.3, 0.4) is 0 Å². The van der Waals surface area contributed by atoms with Gasteiger partial charge in [-0.2, -0.15) is 4.98 Å². The fraction of sp³-hybridized carbons (Fsp3) is 0.211. The second-order valence-electron chi connectivity index (χ2n) is 5.72. The number of aryl methyl sites for hydroxylation is 1. The standard InChI is InChI=1S/C19H19N3O3/c1-13-7-6-8-15(11-13)18-21-19(25-22-18)14(2)20-17(23)12-24-16-9-4-3-5-10-16/h3-11,14H,12H2,1-2H3,(H,20,23)/t14-/m0/s1. The zero-order chi connectivity index (χ0) is 17.6. The molecule has 6 heteroatoms. The summed E-state index contributed by atoms with van der Waals surface area (Å²) in [5.74, 6) is 1.24. The number of hydrogen-bond donors (Lipinski definition) is 1. The average Bonchev–Trinajstić information content (AvgIpc) is 3.11. The molecule has 0 saturated heterocycles. The van der Waals surface area contributed by atoms with E-state index < -0.39 is 6.04 Å². The topological polar surface area (TPSA) is 77.2 Å². The predicted octanol–water partition coefficient (Wildman–Crippen LogP) is 3.30. The van der Waals surface area contributed by atoms with Crippen LogP contribution < -0.4 is 10.1 Å². The highest BCUT2D eigenvalue weighted by atomic mass is 16.5. The fourth-order valence-corrected chi connectivity index (χ4v) is 2.32. The molecule has 0 spiro atoms. The van der Waals surface area contributed by atoms with E-state index in [1.165, 1.54) is 0 Å². The van der Waals surface area contributed by atoms with Gasteiger partial charge in [-0.15, -0.1) is 0 Å². The lowest BCUT2D eigenvalue weighted by Crippen LogP contribution is -2.31. The summed E-state index contributed by atoms with van der Waals surface area (Å²) in [6.07, 6.45) is 0. The van der Waals surface area contributed by atoms with Gasteiger partial charge in [0.25, 0.3) is 5.91 Å². The second-order valence-corrected chi connectivity index (χ2v) is 5.72. The van der Waals surface area contributed by atoms with Crippen LogP contribution >= 0.6 is 0 Å². The Morgan fingerprint density at radius 3 is 2.76 bits per heavy atom. The number of nitrogens with zero attached hydrogens (tertiary/aromatic N) is 2. The maximum atomic E-state index is 12.0. The molecular formula is C19H19N3O3. The molecule has 1 N–H and O–H groups in total. The van der Waals surface area contributed by atoms with Crippen molar-refractivity contribution in [1.29, 1.82) is 0 Å². The highest BCUT2D eigenvalue weighted by Crippen LogP contribution is 2.19. The first kappa shape index (κ1) is 16.7. The van der Waals surface area contributed by atoms with Crippen LogP contribution in [0.4, 0.5) is 0 Å². The Kier molecular flexibility index (Phi) is 5.09. The molecule has 1 amide bonds. The minimum absolute atomic E-state index is 0.0762. The van der Waals surface area contributed by atoms with Gasteiger partial charge < -0.3 is 14.6 Å². The van der Waals surface area contributed by atoms with Gasteiger partial charge >= 0.3 is 0 Å². The van der Waals surface area contributed by atoms with E-state index in [-0.39, 0.29) is 12.5 Å². The Morgan fingerprint density at radius 2 is 2.00 bits per heavy atom. The Balaban J connectivity index is 1.58. The van der Waals surface area contributed by atoms with Gasteiger partial charge in [-0.25, -0.2) is 0 Å². The van der Waals surface area contributed by atoms with Gasteiger partial charge in [0.15, 0.2) is 6.61 Å². The third kappa shape index (κ3) is 4.44. The summed E-state index contributed by atoms with van der Waals surface area (Å²) in [5, 5.41) is 6.76. The van der Waals surface area contributed by atoms with E-state index in [1.54, 1.807) is 19.1 Å². The van der Waals surface area contributed by atoms with Crippen LogP contribution in [0.25, 0.3) is 11.4 Å². The predicted molar refractivity (Wildman–Crippen MR) is 93.0 cm³/mol. The fourth-order valence-electron chi connectivity index (χ4n) is 2.32. The van der Waals surface area contributed by atoms with Gasteiger partial charge in [0.05, 0.1) is 0 Å². The van der Waals surface area contributed by atoms with Crippen molar-refractivity contribution in [3.05, 3.63) is 66.1 Å². The van der Waals surface area contributed by atoms with Gasteiger partial charge in [0.1, 0.15) is 11.8 Å². The maximum absolute atomic E-state index is 12.0. The molecule has 1 heterocycles. The van der Waals surface area contributed by atoms with Crippen molar-refractivity contribution in [2.24, 2.45) is 0 Å². The SMILES string of the molecule is Cc1cccc(-c2noc([C@H](C)NC(=O)COc3ccccc3)n2)c1. The molecule has 3 aromatic rings. The first-order valence-electron chi connectivity index (χ1n) is 7.99. The lowest BCUT2D eigenvalue weighted by molar-refractivity contribution is -0.123. The second kappa shape index (κ2) is 7.61. The quantitative estimate of drug-likeness (QED) is 0.747. The Morgan fingerprint density at radius 1 is 1.20 bits per heavy atom. The zero-order valence-corrected chi connectivity index (χ0v) is 14.1. The molecule has 0 aliphatic rings. The molecule has 0 aliphatic heterocycles. The molecule has 0 radical (unpaired) electrons. The molecule has 1 aromatic heterocycles. The largest absolute Gasteiger partial charge is 0.484 e. The highest BCUT2D eigenvalue weighted by Gasteiger charge is 2.17. The van der Waals surface area contributed by atoms with Crippen molar-refractivity contribution >= 4 is 5.91 Å². The summed E-state index contributed by atoms with van der Waals surface area (Å²) in [6.45, 7) is 3.71. The first-order chi connectivity index (χ1) is 12.1. The van der Waals surface area contributed by atoms with Crippen LogP contribution in [0.2, 0.25) is 0 Å². The van der Waals surface area contributed by atoms with Gasteiger partial charge in [0.2, 0.25) is 11.7 Å². The molecule has 2 aromatic carbocycles. The molecule has 0 bridgehead atoms. The van der Waals surface area contributed by atoms with Gasteiger partial charge in [-0.1, -0.05) is 47.1 Å². The van der Waals surface area contributed by atoms with Crippen LogP contribution in [0.15, 0.2) is 59.1 Å².